The van der Waals surface area contributed by atoms with E-state index < -0.39 is 31.3 Å². The molecule has 0 spiro atoms. The second-order valence-electron chi connectivity index (χ2n) is 5.07. The molecule has 2 aromatic rings. The first-order chi connectivity index (χ1) is 11.7. The summed E-state index contributed by atoms with van der Waals surface area (Å²) in [4.78, 5) is 9.27. The number of nitro benzene ring substituents is 1. The van der Waals surface area contributed by atoms with Gasteiger partial charge >= 0.3 is 0 Å². The number of nitrogens with two attached hydrogens (primary N) is 1. The lowest BCUT2D eigenvalue weighted by Gasteiger charge is -2.12. The number of primary sulfonamides is 1. The Labute approximate surface area is 143 Å². The molecule has 0 aliphatic carbocycles. The zero-order valence-electron chi connectivity index (χ0n) is 13.4. The Hall–Kier alpha value is -2.72. The number of rotatable bonds is 6. The maximum atomic E-state index is 14.5. The number of non-ortho nitro benzene ring substituents is 1. The maximum Gasteiger partial charge on any atom is 0.271 e. The number of benzene rings is 2. The highest BCUT2D eigenvalue weighted by atomic mass is 32.2. The van der Waals surface area contributed by atoms with Gasteiger partial charge in [-0.1, -0.05) is 6.07 Å². The molecule has 0 aliphatic heterocycles. The third-order valence-electron chi connectivity index (χ3n) is 3.49. The number of ether oxygens (including phenoxy) is 2. The van der Waals surface area contributed by atoms with Gasteiger partial charge in [-0.05, 0) is 11.6 Å². The van der Waals surface area contributed by atoms with E-state index in [0.29, 0.717) is 23.1 Å². The quantitative estimate of drug-likeness (QED) is 0.613. The average molecular weight is 370 g/mol. The van der Waals surface area contributed by atoms with Gasteiger partial charge in [0, 0.05) is 30.2 Å². The maximum absolute atomic E-state index is 14.5. The minimum absolute atomic E-state index is 0.136. The molecule has 2 aromatic carbocycles. The minimum Gasteiger partial charge on any atom is -0.497 e. The zero-order chi connectivity index (χ0) is 18.8. The SMILES string of the molecule is COc1ccc(Cc2cc([N+](=O)[O-])cc(S(N)(=O)=O)c2F)c(OC)c1. The van der Waals surface area contributed by atoms with Crippen LogP contribution in [0.2, 0.25) is 0 Å². The standard InChI is InChI=1S/C15H15FN2O6S/c1-23-12-4-3-9(13(8-12)24-2)5-10-6-11(18(19)20)7-14(15(10)16)25(17,21)22/h3-4,6-8H,5H2,1-2H3,(H2,17,21,22). The Kier molecular flexibility index (Phi) is 5.24. The van der Waals surface area contributed by atoms with Crippen molar-refractivity contribution in [3.05, 3.63) is 57.4 Å². The first-order valence-electron chi connectivity index (χ1n) is 6.88. The Morgan fingerprint density at radius 1 is 1.16 bits per heavy atom. The van der Waals surface area contributed by atoms with Crippen molar-refractivity contribution in [1.29, 1.82) is 0 Å². The molecule has 2 N–H and O–H groups in total. The zero-order valence-corrected chi connectivity index (χ0v) is 14.2. The summed E-state index contributed by atoms with van der Waals surface area (Å²) < 4.78 is 47.8. The van der Waals surface area contributed by atoms with Crippen molar-refractivity contribution in [2.45, 2.75) is 11.3 Å². The molecule has 0 aliphatic rings. The van der Waals surface area contributed by atoms with E-state index >= 15 is 0 Å². The van der Waals surface area contributed by atoms with Crippen LogP contribution in [-0.4, -0.2) is 27.6 Å². The third-order valence-corrected chi connectivity index (χ3v) is 4.40. The van der Waals surface area contributed by atoms with E-state index in [1.54, 1.807) is 18.2 Å². The number of sulfonamides is 1. The van der Waals surface area contributed by atoms with E-state index in [1.807, 2.05) is 0 Å². The fourth-order valence-corrected chi connectivity index (χ4v) is 2.95. The van der Waals surface area contributed by atoms with Crippen LogP contribution in [0.5, 0.6) is 11.5 Å². The Balaban J connectivity index is 2.60. The van der Waals surface area contributed by atoms with Gasteiger partial charge in [0.2, 0.25) is 10.0 Å². The summed E-state index contributed by atoms with van der Waals surface area (Å²) >= 11 is 0. The van der Waals surface area contributed by atoms with Crippen LogP contribution in [0, 0.1) is 15.9 Å². The highest BCUT2D eigenvalue weighted by molar-refractivity contribution is 7.89. The predicted octanol–water partition coefficient (Wildman–Crippen LogP) is 1.99. The van der Waals surface area contributed by atoms with E-state index in [-0.39, 0.29) is 12.0 Å². The number of hydrogen-bond donors (Lipinski definition) is 1. The smallest absolute Gasteiger partial charge is 0.271 e. The number of nitro groups is 1. The Morgan fingerprint density at radius 3 is 2.36 bits per heavy atom. The lowest BCUT2D eigenvalue weighted by molar-refractivity contribution is -0.385. The van der Waals surface area contributed by atoms with Crippen molar-refractivity contribution in [3.8, 4) is 11.5 Å². The molecule has 0 amide bonds. The van der Waals surface area contributed by atoms with Crippen LogP contribution in [0.3, 0.4) is 0 Å². The number of methoxy groups -OCH3 is 2. The first-order valence-corrected chi connectivity index (χ1v) is 8.42. The number of halogens is 1. The summed E-state index contributed by atoms with van der Waals surface area (Å²) in [7, 11) is -1.60. The largest absolute Gasteiger partial charge is 0.497 e. The van der Waals surface area contributed by atoms with Gasteiger partial charge < -0.3 is 9.47 Å². The van der Waals surface area contributed by atoms with Gasteiger partial charge in [-0.3, -0.25) is 10.1 Å². The van der Waals surface area contributed by atoms with Gasteiger partial charge in [0.15, 0.2) is 0 Å². The molecular weight excluding hydrogens is 355 g/mol. The van der Waals surface area contributed by atoms with E-state index in [2.05, 4.69) is 0 Å². The van der Waals surface area contributed by atoms with Crippen molar-refractivity contribution in [1.82, 2.24) is 0 Å². The number of nitrogens with zero attached hydrogens (tertiary/aromatic N) is 1. The monoisotopic (exact) mass is 370 g/mol. The van der Waals surface area contributed by atoms with Crippen molar-refractivity contribution in [2.75, 3.05) is 14.2 Å². The summed E-state index contributed by atoms with van der Waals surface area (Å²) in [6.45, 7) is 0. The Morgan fingerprint density at radius 2 is 1.84 bits per heavy atom. The van der Waals surface area contributed by atoms with E-state index in [0.717, 1.165) is 6.07 Å². The molecule has 25 heavy (non-hydrogen) atoms. The van der Waals surface area contributed by atoms with Crippen LogP contribution in [0.4, 0.5) is 10.1 Å². The molecule has 0 saturated heterocycles. The fraction of sp³-hybridized carbons (Fsp3) is 0.200. The molecule has 0 radical (unpaired) electrons. The minimum atomic E-state index is -4.46. The highest BCUT2D eigenvalue weighted by Gasteiger charge is 2.24. The van der Waals surface area contributed by atoms with E-state index in [1.165, 1.54) is 14.2 Å². The lowest BCUT2D eigenvalue weighted by Crippen LogP contribution is -2.16. The molecule has 0 heterocycles. The van der Waals surface area contributed by atoms with E-state index in [4.69, 9.17) is 14.6 Å². The number of hydrogen-bond acceptors (Lipinski definition) is 6. The topological polar surface area (TPSA) is 122 Å². The molecule has 0 fully saturated rings. The van der Waals surface area contributed by atoms with Crippen LogP contribution in [-0.2, 0) is 16.4 Å². The van der Waals surface area contributed by atoms with Crippen molar-refractivity contribution < 1.29 is 27.2 Å². The summed E-state index contributed by atoms with van der Waals surface area (Å²) in [5, 5.41) is 16.0. The third kappa shape index (κ3) is 4.03. The summed E-state index contributed by atoms with van der Waals surface area (Å²) in [5.41, 5.74) is -0.280. The van der Waals surface area contributed by atoms with Crippen LogP contribution < -0.4 is 14.6 Å². The van der Waals surface area contributed by atoms with Crippen LogP contribution in [0.25, 0.3) is 0 Å². The lowest BCUT2D eigenvalue weighted by atomic mass is 10.0. The van der Waals surface area contributed by atoms with Crippen LogP contribution >= 0.6 is 0 Å². The fourth-order valence-electron chi connectivity index (χ4n) is 2.28. The van der Waals surface area contributed by atoms with Gasteiger partial charge in [-0.15, -0.1) is 0 Å². The van der Waals surface area contributed by atoms with Crippen LogP contribution in [0.1, 0.15) is 11.1 Å². The van der Waals surface area contributed by atoms with E-state index in [9.17, 15) is 22.9 Å². The second-order valence-corrected chi connectivity index (χ2v) is 6.60. The molecule has 10 heteroatoms. The summed E-state index contributed by atoms with van der Waals surface area (Å²) in [6, 6.07) is 6.32. The highest BCUT2D eigenvalue weighted by Crippen LogP contribution is 2.30. The molecule has 8 nitrogen and oxygen atoms in total. The van der Waals surface area contributed by atoms with Crippen LogP contribution in [0.15, 0.2) is 35.2 Å². The van der Waals surface area contributed by atoms with Gasteiger partial charge in [0.25, 0.3) is 5.69 Å². The second kappa shape index (κ2) is 7.03. The van der Waals surface area contributed by atoms with Crippen molar-refractivity contribution >= 4 is 15.7 Å². The van der Waals surface area contributed by atoms with Gasteiger partial charge in [0.05, 0.1) is 19.1 Å². The van der Waals surface area contributed by atoms with Gasteiger partial charge in [-0.25, -0.2) is 17.9 Å². The van der Waals surface area contributed by atoms with Gasteiger partial charge in [-0.2, -0.15) is 0 Å². The average Bonchev–Trinajstić information content (AvgIpc) is 2.55. The molecule has 0 aromatic heterocycles. The molecule has 0 atom stereocenters. The van der Waals surface area contributed by atoms with Crippen molar-refractivity contribution in [3.63, 3.8) is 0 Å². The van der Waals surface area contributed by atoms with Crippen molar-refractivity contribution in [2.24, 2.45) is 5.14 Å². The Bertz CT molecular complexity index is 930. The first kappa shape index (κ1) is 18.6. The molecule has 0 bridgehead atoms. The molecule has 0 unspecified atom stereocenters. The molecule has 0 saturated carbocycles. The predicted molar refractivity (Wildman–Crippen MR) is 86.8 cm³/mol. The summed E-state index contributed by atoms with van der Waals surface area (Å²) in [5.74, 6) is -0.265. The molecular formula is C15H15FN2O6S. The molecule has 134 valence electrons. The normalized spacial score (nSPS) is 11.2. The summed E-state index contributed by atoms with van der Waals surface area (Å²) in [6.07, 6.45) is -0.136. The van der Waals surface area contributed by atoms with Gasteiger partial charge in [0.1, 0.15) is 22.2 Å². The molecule has 2 rings (SSSR count).